The van der Waals surface area contributed by atoms with E-state index in [2.05, 4.69) is 4.90 Å². The number of aryl methyl sites for hydroxylation is 1. The molecule has 0 bridgehead atoms. The van der Waals surface area contributed by atoms with Crippen LogP contribution in [0.1, 0.15) is 42.1 Å². The molecule has 0 aliphatic carbocycles. The molecule has 9 heteroatoms. The fourth-order valence-corrected chi connectivity index (χ4v) is 5.30. The van der Waals surface area contributed by atoms with E-state index in [4.69, 9.17) is 18.9 Å². The number of benzene rings is 3. The second-order valence-electron chi connectivity index (χ2n) is 10.2. The van der Waals surface area contributed by atoms with Crippen molar-refractivity contribution in [3.8, 4) is 23.0 Å². The van der Waals surface area contributed by atoms with E-state index in [1.165, 1.54) is 26.2 Å². The van der Waals surface area contributed by atoms with Crippen LogP contribution in [0.4, 0.5) is 0 Å². The van der Waals surface area contributed by atoms with Crippen molar-refractivity contribution in [1.29, 1.82) is 0 Å². The Labute approximate surface area is 253 Å². The Kier molecular flexibility index (Phi) is 10.3. The maximum atomic E-state index is 13.6. The zero-order valence-corrected chi connectivity index (χ0v) is 25.7. The first kappa shape index (κ1) is 31.4. The van der Waals surface area contributed by atoms with Crippen molar-refractivity contribution in [2.45, 2.75) is 33.4 Å². The van der Waals surface area contributed by atoms with Crippen molar-refractivity contribution in [3.05, 3.63) is 88.5 Å². The largest absolute Gasteiger partial charge is 0.507 e. The molecule has 0 spiro atoms. The summed E-state index contributed by atoms with van der Waals surface area (Å²) in [6.07, 6.45) is 0. The molecule has 1 unspecified atom stereocenters. The minimum absolute atomic E-state index is 0.00704. The van der Waals surface area contributed by atoms with Crippen molar-refractivity contribution in [2.24, 2.45) is 0 Å². The Balaban J connectivity index is 1.75. The van der Waals surface area contributed by atoms with Crippen LogP contribution in [0, 0.1) is 6.92 Å². The van der Waals surface area contributed by atoms with Crippen LogP contribution < -0.4 is 18.9 Å². The molecule has 0 radical (unpaired) electrons. The SMILES string of the molecule is CCN(CC)CCN1C(=O)C(=O)/C(=C(/O)c2ccc(OCc3ccccc3C)cc2)C1c1cc(OC)c(OC)c(OC)c1. The third-order valence-electron chi connectivity index (χ3n) is 7.88. The summed E-state index contributed by atoms with van der Waals surface area (Å²) in [5.74, 6) is 0.0488. The predicted molar refractivity (Wildman–Crippen MR) is 165 cm³/mol. The molecular weight excluding hydrogens is 548 g/mol. The van der Waals surface area contributed by atoms with E-state index in [0.717, 1.165) is 24.2 Å². The number of carbonyl (C=O) groups is 2. The van der Waals surface area contributed by atoms with Gasteiger partial charge in [0.1, 0.15) is 18.1 Å². The molecule has 43 heavy (non-hydrogen) atoms. The number of hydrogen-bond acceptors (Lipinski definition) is 8. The summed E-state index contributed by atoms with van der Waals surface area (Å²) >= 11 is 0. The van der Waals surface area contributed by atoms with Crippen LogP contribution in [-0.4, -0.2) is 74.1 Å². The van der Waals surface area contributed by atoms with Gasteiger partial charge in [-0.25, -0.2) is 0 Å². The topological polar surface area (TPSA) is 97.8 Å². The molecule has 1 atom stereocenters. The summed E-state index contributed by atoms with van der Waals surface area (Å²) < 4.78 is 22.6. The molecule has 1 heterocycles. The Hall–Kier alpha value is -4.50. The van der Waals surface area contributed by atoms with Crippen LogP contribution in [0.5, 0.6) is 23.0 Å². The van der Waals surface area contributed by atoms with Gasteiger partial charge in [0.25, 0.3) is 11.7 Å². The molecular formula is C34H40N2O7. The Morgan fingerprint density at radius 3 is 2.09 bits per heavy atom. The summed E-state index contributed by atoms with van der Waals surface area (Å²) in [7, 11) is 4.51. The van der Waals surface area contributed by atoms with Crippen molar-refractivity contribution in [1.82, 2.24) is 9.80 Å². The fraction of sp³-hybridized carbons (Fsp3) is 0.353. The number of aliphatic hydroxyl groups is 1. The predicted octanol–water partition coefficient (Wildman–Crippen LogP) is 5.36. The molecule has 3 aromatic rings. The highest BCUT2D eigenvalue weighted by atomic mass is 16.5. The van der Waals surface area contributed by atoms with Crippen molar-refractivity contribution in [3.63, 3.8) is 0 Å². The van der Waals surface area contributed by atoms with Gasteiger partial charge >= 0.3 is 0 Å². The van der Waals surface area contributed by atoms with E-state index in [0.29, 0.717) is 47.3 Å². The number of likely N-dealkylation sites (N-methyl/N-ethyl adjacent to an activating group) is 1. The van der Waals surface area contributed by atoms with E-state index in [9.17, 15) is 14.7 Å². The maximum absolute atomic E-state index is 13.6. The number of Topliss-reactive ketones (excluding diaryl/α,β-unsaturated/α-hetero) is 1. The molecule has 1 fully saturated rings. The average Bonchev–Trinajstić information content (AvgIpc) is 3.29. The van der Waals surface area contributed by atoms with Gasteiger partial charge in [0, 0.05) is 18.7 Å². The van der Waals surface area contributed by atoms with E-state index in [1.807, 2.05) is 45.0 Å². The molecule has 1 N–H and O–H groups in total. The highest BCUT2D eigenvalue weighted by Gasteiger charge is 2.46. The van der Waals surface area contributed by atoms with Gasteiger partial charge in [-0.2, -0.15) is 0 Å². The zero-order valence-electron chi connectivity index (χ0n) is 25.7. The second-order valence-corrected chi connectivity index (χ2v) is 10.2. The molecule has 1 aliphatic heterocycles. The number of aliphatic hydroxyl groups excluding tert-OH is 1. The standard InChI is InChI=1S/C34H40N2O7/c1-7-35(8-2)17-18-36-30(25-19-27(40-4)33(42-6)28(20-25)41-5)29(32(38)34(36)39)31(37)23-13-15-26(16-14-23)43-21-24-12-10-9-11-22(24)3/h9-16,19-20,30,37H,7-8,17-18,21H2,1-6H3/b31-29+. The van der Waals surface area contributed by atoms with Crippen LogP contribution >= 0.6 is 0 Å². The Bertz CT molecular complexity index is 1450. The third-order valence-corrected chi connectivity index (χ3v) is 7.88. The average molecular weight is 589 g/mol. The van der Waals surface area contributed by atoms with Crippen LogP contribution in [0.15, 0.2) is 66.2 Å². The number of methoxy groups -OCH3 is 3. The summed E-state index contributed by atoms with van der Waals surface area (Å²) in [6.45, 7) is 8.97. The monoisotopic (exact) mass is 588 g/mol. The van der Waals surface area contributed by atoms with Crippen molar-refractivity contribution in [2.75, 3.05) is 47.5 Å². The molecule has 1 amide bonds. The van der Waals surface area contributed by atoms with Gasteiger partial charge in [-0.1, -0.05) is 38.1 Å². The van der Waals surface area contributed by atoms with Gasteiger partial charge in [-0.05, 0) is 73.1 Å². The van der Waals surface area contributed by atoms with Crippen LogP contribution in [0.3, 0.4) is 0 Å². The summed E-state index contributed by atoms with van der Waals surface area (Å²) in [4.78, 5) is 30.7. The number of carbonyl (C=O) groups excluding carboxylic acids is 2. The molecule has 1 saturated heterocycles. The Morgan fingerprint density at radius 2 is 1.53 bits per heavy atom. The van der Waals surface area contributed by atoms with E-state index < -0.39 is 17.7 Å². The lowest BCUT2D eigenvalue weighted by molar-refractivity contribution is -0.140. The van der Waals surface area contributed by atoms with Crippen LogP contribution in [0.2, 0.25) is 0 Å². The van der Waals surface area contributed by atoms with Gasteiger partial charge in [0.15, 0.2) is 11.5 Å². The smallest absolute Gasteiger partial charge is 0.295 e. The van der Waals surface area contributed by atoms with E-state index in [1.54, 1.807) is 36.4 Å². The zero-order chi connectivity index (χ0) is 31.1. The lowest BCUT2D eigenvalue weighted by atomic mass is 9.94. The van der Waals surface area contributed by atoms with Gasteiger partial charge in [-0.15, -0.1) is 0 Å². The number of rotatable bonds is 13. The van der Waals surface area contributed by atoms with E-state index in [-0.39, 0.29) is 17.9 Å². The van der Waals surface area contributed by atoms with E-state index >= 15 is 0 Å². The van der Waals surface area contributed by atoms with Gasteiger partial charge in [0.05, 0.1) is 32.9 Å². The number of nitrogens with zero attached hydrogens (tertiary/aromatic N) is 2. The fourth-order valence-electron chi connectivity index (χ4n) is 5.30. The third kappa shape index (κ3) is 6.62. The highest BCUT2D eigenvalue weighted by molar-refractivity contribution is 6.46. The first-order valence-corrected chi connectivity index (χ1v) is 14.4. The molecule has 1 aliphatic rings. The molecule has 4 rings (SSSR count). The van der Waals surface area contributed by atoms with Gasteiger partial charge in [-0.3, -0.25) is 9.59 Å². The van der Waals surface area contributed by atoms with Gasteiger partial charge in [0.2, 0.25) is 5.75 Å². The van der Waals surface area contributed by atoms with Crippen molar-refractivity contribution >= 4 is 17.4 Å². The number of ether oxygens (including phenoxy) is 4. The maximum Gasteiger partial charge on any atom is 0.295 e. The van der Waals surface area contributed by atoms with Gasteiger partial charge < -0.3 is 33.9 Å². The molecule has 3 aromatic carbocycles. The highest BCUT2D eigenvalue weighted by Crippen LogP contribution is 2.45. The number of likely N-dealkylation sites (tertiary alicyclic amines) is 1. The number of ketones is 1. The quantitative estimate of drug-likeness (QED) is 0.162. The molecule has 0 saturated carbocycles. The molecule has 0 aromatic heterocycles. The number of hydrogen-bond donors (Lipinski definition) is 1. The molecule has 228 valence electrons. The minimum Gasteiger partial charge on any atom is -0.507 e. The first-order valence-electron chi connectivity index (χ1n) is 14.4. The van der Waals surface area contributed by atoms with Crippen molar-refractivity contribution < 1.29 is 33.6 Å². The normalized spacial score (nSPS) is 16.1. The summed E-state index contributed by atoms with van der Waals surface area (Å²) in [5, 5.41) is 11.6. The van der Waals surface area contributed by atoms with Crippen LogP contribution in [-0.2, 0) is 16.2 Å². The van der Waals surface area contributed by atoms with Crippen LogP contribution in [0.25, 0.3) is 5.76 Å². The lowest BCUT2D eigenvalue weighted by Gasteiger charge is -2.29. The molecule has 9 nitrogen and oxygen atoms in total. The Morgan fingerprint density at radius 1 is 0.907 bits per heavy atom. The second kappa shape index (κ2) is 14.1. The summed E-state index contributed by atoms with van der Waals surface area (Å²) in [6, 6.07) is 17.4. The first-order chi connectivity index (χ1) is 20.8. The summed E-state index contributed by atoms with van der Waals surface area (Å²) in [5.41, 5.74) is 3.14. The lowest BCUT2D eigenvalue weighted by Crippen LogP contribution is -2.38. The minimum atomic E-state index is -0.874. The number of amides is 1.